The lowest BCUT2D eigenvalue weighted by Gasteiger charge is -2.18. The third-order valence-corrected chi connectivity index (χ3v) is 4.98. The van der Waals surface area contributed by atoms with Crippen LogP contribution >= 0.6 is 11.3 Å². The highest BCUT2D eigenvalue weighted by molar-refractivity contribution is 7.15. The van der Waals surface area contributed by atoms with Crippen molar-refractivity contribution in [1.29, 1.82) is 5.26 Å². The van der Waals surface area contributed by atoms with Gasteiger partial charge in [0.05, 0.1) is 17.7 Å². The number of nitrogens with zero attached hydrogens (tertiary/aromatic N) is 4. The minimum atomic E-state index is -0.230. The van der Waals surface area contributed by atoms with Crippen LogP contribution in [0.25, 0.3) is 0 Å². The monoisotopic (exact) mass is 327 g/mol. The molecule has 0 aliphatic heterocycles. The Bertz CT molecular complexity index is 730. The van der Waals surface area contributed by atoms with Gasteiger partial charge in [0.25, 0.3) is 0 Å². The first-order valence-corrected chi connectivity index (χ1v) is 8.55. The number of anilines is 1. The van der Waals surface area contributed by atoms with E-state index in [1.165, 1.54) is 30.6 Å². The number of aromatic nitrogens is 3. The van der Waals surface area contributed by atoms with Crippen molar-refractivity contribution in [3.8, 4) is 6.07 Å². The summed E-state index contributed by atoms with van der Waals surface area (Å²) >= 11 is 1.45. The highest BCUT2D eigenvalue weighted by Gasteiger charge is 2.20. The molecule has 0 aromatic carbocycles. The van der Waals surface area contributed by atoms with Gasteiger partial charge in [-0.25, -0.2) is 0 Å². The normalized spacial score (nSPS) is 15.1. The molecule has 1 aliphatic rings. The molecule has 0 radical (unpaired) electrons. The number of amides is 1. The molecule has 2 aromatic heterocycles. The summed E-state index contributed by atoms with van der Waals surface area (Å²) in [6.07, 6.45) is 7.72. The van der Waals surface area contributed by atoms with Gasteiger partial charge in [-0.05, 0) is 25.0 Å². The Kier molecular flexibility index (Phi) is 4.93. The van der Waals surface area contributed by atoms with Crippen LogP contribution in [0.15, 0.2) is 18.3 Å². The van der Waals surface area contributed by atoms with Crippen LogP contribution in [0.3, 0.4) is 0 Å². The SMILES string of the molecule is N#Cc1cccnc1CC(=O)Nc1nnc(C2CCCCC2)s1. The highest BCUT2D eigenvalue weighted by atomic mass is 32.1. The third-order valence-electron chi connectivity index (χ3n) is 3.98. The molecule has 1 aliphatic carbocycles. The van der Waals surface area contributed by atoms with Gasteiger partial charge < -0.3 is 5.32 Å². The van der Waals surface area contributed by atoms with E-state index in [2.05, 4.69) is 20.5 Å². The quantitative estimate of drug-likeness (QED) is 0.932. The molecule has 1 N–H and O–H groups in total. The number of hydrogen-bond acceptors (Lipinski definition) is 6. The van der Waals surface area contributed by atoms with E-state index in [1.54, 1.807) is 18.3 Å². The van der Waals surface area contributed by atoms with E-state index < -0.39 is 0 Å². The molecule has 1 fully saturated rings. The second-order valence-corrected chi connectivity index (χ2v) is 6.62. The Hall–Kier alpha value is -2.33. The minimum Gasteiger partial charge on any atom is -0.300 e. The van der Waals surface area contributed by atoms with Crippen molar-refractivity contribution in [2.45, 2.75) is 44.4 Å². The molecule has 0 unspecified atom stereocenters. The van der Waals surface area contributed by atoms with Crippen molar-refractivity contribution >= 4 is 22.4 Å². The van der Waals surface area contributed by atoms with Crippen molar-refractivity contribution in [2.24, 2.45) is 0 Å². The van der Waals surface area contributed by atoms with E-state index >= 15 is 0 Å². The molecule has 0 bridgehead atoms. The molecule has 0 spiro atoms. The summed E-state index contributed by atoms with van der Waals surface area (Å²) in [7, 11) is 0. The molecule has 0 atom stereocenters. The summed E-state index contributed by atoms with van der Waals surface area (Å²) < 4.78 is 0. The molecular formula is C16H17N5OS. The average molecular weight is 327 g/mol. The van der Waals surface area contributed by atoms with Gasteiger partial charge in [0.2, 0.25) is 11.0 Å². The van der Waals surface area contributed by atoms with E-state index in [4.69, 9.17) is 5.26 Å². The molecule has 118 valence electrons. The smallest absolute Gasteiger partial charge is 0.232 e. The van der Waals surface area contributed by atoms with E-state index in [-0.39, 0.29) is 12.3 Å². The van der Waals surface area contributed by atoms with Gasteiger partial charge in [0.15, 0.2) is 0 Å². The van der Waals surface area contributed by atoms with Crippen LogP contribution in [0.5, 0.6) is 0 Å². The Morgan fingerprint density at radius 3 is 2.96 bits per heavy atom. The molecule has 1 saturated carbocycles. The first kappa shape index (κ1) is 15.6. The lowest BCUT2D eigenvalue weighted by molar-refractivity contribution is -0.115. The van der Waals surface area contributed by atoms with Crippen molar-refractivity contribution in [2.75, 3.05) is 5.32 Å². The number of nitrogens with one attached hydrogen (secondary N) is 1. The zero-order valence-corrected chi connectivity index (χ0v) is 13.5. The zero-order valence-electron chi connectivity index (χ0n) is 12.7. The van der Waals surface area contributed by atoms with Gasteiger partial charge in [-0.2, -0.15) is 5.26 Å². The fraction of sp³-hybridized carbons (Fsp3) is 0.438. The number of carbonyl (C=O) groups excluding carboxylic acids is 1. The van der Waals surface area contributed by atoms with Crippen LogP contribution in [-0.2, 0) is 11.2 Å². The maximum absolute atomic E-state index is 12.1. The predicted molar refractivity (Wildman–Crippen MR) is 87.0 cm³/mol. The molecule has 2 heterocycles. The van der Waals surface area contributed by atoms with Gasteiger partial charge in [-0.3, -0.25) is 9.78 Å². The van der Waals surface area contributed by atoms with Crippen LogP contribution in [-0.4, -0.2) is 21.1 Å². The molecule has 6 nitrogen and oxygen atoms in total. The summed E-state index contributed by atoms with van der Waals surface area (Å²) in [5, 5.41) is 21.6. The molecular weight excluding hydrogens is 310 g/mol. The lowest BCUT2D eigenvalue weighted by atomic mass is 9.90. The summed E-state index contributed by atoms with van der Waals surface area (Å²) in [4.78, 5) is 16.2. The Morgan fingerprint density at radius 1 is 1.35 bits per heavy atom. The van der Waals surface area contributed by atoms with E-state index in [0.29, 0.717) is 22.3 Å². The van der Waals surface area contributed by atoms with Gasteiger partial charge >= 0.3 is 0 Å². The summed E-state index contributed by atoms with van der Waals surface area (Å²) in [6, 6.07) is 5.38. The first-order chi connectivity index (χ1) is 11.3. The second kappa shape index (κ2) is 7.29. The summed E-state index contributed by atoms with van der Waals surface area (Å²) in [6.45, 7) is 0. The molecule has 2 aromatic rings. The van der Waals surface area contributed by atoms with Crippen molar-refractivity contribution < 1.29 is 4.79 Å². The fourth-order valence-electron chi connectivity index (χ4n) is 2.80. The van der Waals surface area contributed by atoms with Gasteiger partial charge in [-0.1, -0.05) is 30.6 Å². The fourth-order valence-corrected chi connectivity index (χ4v) is 3.72. The summed E-state index contributed by atoms with van der Waals surface area (Å²) in [5.74, 6) is 0.249. The van der Waals surface area contributed by atoms with Crippen LogP contribution in [0.4, 0.5) is 5.13 Å². The third kappa shape index (κ3) is 3.90. The predicted octanol–water partition coefficient (Wildman–Crippen LogP) is 3.03. The van der Waals surface area contributed by atoms with Crippen LogP contribution in [0.2, 0.25) is 0 Å². The van der Waals surface area contributed by atoms with Crippen molar-refractivity contribution in [3.63, 3.8) is 0 Å². The maximum atomic E-state index is 12.1. The number of rotatable bonds is 4. The Labute approximate surface area is 138 Å². The number of pyridine rings is 1. The Balaban J connectivity index is 1.62. The molecule has 7 heteroatoms. The first-order valence-electron chi connectivity index (χ1n) is 7.73. The molecule has 1 amide bonds. The van der Waals surface area contributed by atoms with Gasteiger partial charge in [0.1, 0.15) is 11.1 Å². The van der Waals surface area contributed by atoms with E-state index in [1.807, 2.05) is 6.07 Å². The second-order valence-electron chi connectivity index (χ2n) is 5.61. The molecule has 3 rings (SSSR count). The standard InChI is InChI=1S/C16H17N5OS/c17-10-12-7-4-8-18-13(12)9-14(22)19-16-21-20-15(23-16)11-5-2-1-3-6-11/h4,7-8,11H,1-3,5-6,9H2,(H,19,21,22). The van der Waals surface area contributed by atoms with Crippen LogP contribution < -0.4 is 5.32 Å². The van der Waals surface area contributed by atoms with Gasteiger partial charge in [-0.15, -0.1) is 10.2 Å². The molecule has 23 heavy (non-hydrogen) atoms. The lowest BCUT2D eigenvalue weighted by Crippen LogP contribution is -2.15. The van der Waals surface area contributed by atoms with Crippen molar-refractivity contribution in [3.05, 3.63) is 34.6 Å². The number of hydrogen-bond donors (Lipinski definition) is 1. The number of carbonyl (C=O) groups is 1. The maximum Gasteiger partial charge on any atom is 0.232 e. The Morgan fingerprint density at radius 2 is 2.17 bits per heavy atom. The molecule has 0 saturated heterocycles. The van der Waals surface area contributed by atoms with Crippen LogP contribution in [0, 0.1) is 11.3 Å². The highest BCUT2D eigenvalue weighted by Crippen LogP contribution is 2.35. The number of nitriles is 1. The zero-order chi connectivity index (χ0) is 16.1. The van der Waals surface area contributed by atoms with E-state index in [9.17, 15) is 4.79 Å². The van der Waals surface area contributed by atoms with E-state index in [0.717, 1.165) is 17.8 Å². The van der Waals surface area contributed by atoms with Crippen LogP contribution in [0.1, 0.15) is 54.3 Å². The van der Waals surface area contributed by atoms with Gasteiger partial charge in [0, 0.05) is 12.1 Å². The largest absolute Gasteiger partial charge is 0.300 e. The average Bonchev–Trinajstić information content (AvgIpc) is 3.04. The minimum absolute atomic E-state index is 0.0576. The van der Waals surface area contributed by atoms with Crippen molar-refractivity contribution in [1.82, 2.24) is 15.2 Å². The summed E-state index contributed by atoms with van der Waals surface area (Å²) in [5.41, 5.74) is 0.896. The topological polar surface area (TPSA) is 91.6 Å².